The number of aromatic nitrogens is 2. The Morgan fingerprint density at radius 1 is 1.10 bits per heavy atom. The number of carbonyl (C=O) groups excluding carboxylic acids is 2. The molecule has 0 bridgehead atoms. The number of ether oxygens (including phenoxy) is 1. The lowest BCUT2D eigenvalue weighted by Crippen LogP contribution is -2.43. The second-order valence-corrected chi connectivity index (χ2v) is 12.9. The summed E-state index contributed by atoms with van der Waals surface area (Å²) < 4.78 is 7.75. The Kier molecular flexibility index (Phi) is 6.38. The van der Waals surface area contributed by atoms with Gasteiger partial charge in [0.2, 0.25) is 5.95 Å². The molecule has 2 fully saturated rings. The lowest BCUT2D eigenvalue weighted by molar-refractivity contribution is 0.0199. The molecule has 2 amide bonds. The van der Waals surface area contributed by atoms with Gasteiger partial charge in [-0.1, -0.05) is 24.3 Å². The zero-order valence-corrected chi connectivity index (χ0v) is 23.6. The van der Waals surface area contributed by atoms with Crippen molar-refractivity contribution < 1.29 is 14.3 Å². The van der Waals surface area contributed by atoms with Crippen molar-refractivity contribution in [3.05, 3.63) is 71.1 Å². The number of nitrogens with one attached hydrogen (secondary N) is 1. The summed E-state index contributed by atoms with van der Waals surface area (Å²) in [4.78, 5) is 34.1. The molecule has 204 valence electrons. The van der Waals surface area contributed by atoms with Crippen LogP contribution < -0.4 is 5.32 Å². The Morgan fingerprint density at radius 2 is 1.85 bits per heavy atom. The van der Waals surface area contributed by atoms with Gasteiger partial charge in [-0.05, 0) is 87.4 Å². The van der Waals surface area contributed by atoms with E-state index in [0.29, 0.717) is 29.5 Å². The average molecular weight is 554 g/mol. The third kappa shape index (κ3) is 4.95. The van der Waals surface area contributed by atoms with E-state index in [1.54, 1.807) is 12.1 Å². The average Bonchev–Trinajstić information content (AvgIpc) is 3.64. The van der Waals surface area contributed by atoms with Gasteiger partial charge in [0, 0.05) is 24.0 Å². The van der Waals surface area contributed by atoms with Crippen LogP contribution in [-0.4, -0.2) is 45.1 Å². The van der Waals surface area contributed by atoms with Crippen LogP contribution in [-0.2, 0) is 4.74 Å². The van der Waals surface area contributed by atoms with Crippen LogP contribution >= 0.6 is 11.3 Å². The molecule has 1 aliphatic heterocycles. The van der Waals surface area contributed by atoms with Crippen molar-refractivity contribution in [2.24, 2.45) is 5.41 Å². The fourth-order valence-corrected chi connectivity index (χ4v) is 6.77. The van der Waals surface area contributed by atoms with Gasteiger partial charge in [-0.2, -0.15) is 5.26 Å². The predicted molar refractivity (Wildman–Crippen MR) is 155 cm³/mol. The number of likely N-dealkylation sites (tertiary alicyclic amines) is 1. The van der Waals surface area contributed by atoms with Gasteiger partial charge in [-0.3, -0.25) is 10.1 Å². The molecule has 0 radical (unpaired) electrons. The van der Waals surface area contributed by atoms with Gasteiger partial charge >= 0.3 is 6.09 Å². The molecule has 1 N–H and O–H groups in total. The molecule has 1 saturated heterocycles. The van der Waals surface area contributed by atoms with Gasteiger partial charge in [-0.15, -0.1) is 11.3 Å². The van der Waals surface area contributed by atoms with Crippen LogP contribution in [0.1, 0.15) is 61.3 Å². The number of carbonyl (C=O) groups is 2. The van der Waals surface area contributed by atoms with Gasteiger partial charge in [-0.25, -0.2) is 9.78 Å². The lowest BCUT2D eigenvalue weighted by Gasteiger charge is -2.46. The molecule has 9 heteroatoms. The molecule has 2 aromatic carbocycles. The second-order valence-electron chi connectivity index (χ2n) is 11.8. The number of amides is 2. The lowest BCUT2D eigenvalue weighted by atomic mass is 9.65. The Labute approximate surface area is 237 Å². The smallest absolute Gasteiger partial charge is 0.410 e. The molecular weight excluding hydrogens is 522 g/mol. The van der Waals surface area contributed by atoms with Gasteiger partial charge < -0.3 is 14.2 Å². The second kappa shape index (κ2) is 9.79. The van der Waals surface area contributed by atoms with E-state index >= 15 is 0 Å². The number of anilines is 1. The molecule has 40 heavy (non-hydrogen) atoms. The highest BCUT2D eigenvalue weighted by Gasteiger charge is 2.51. The maximum Gasteiger partial charge on any atom is 0.410 e. The normalized spacial score (nSPS) is 20.4. The zero-order valence-electron chi connectivity index (χ0n) is 22.8. The summed E-state index contributed by atoms with van der Waals surface area (Å²) in [6.45, 7) is 7.07. The van der Waals surface area contributed by atoms with E-state index < -0.39 is 5.60 Å². The Balaban J connectivity index is 1.19. The van der Waals surface area contributed by atoms with E-state index in [2.05, 4.69) is 16.0 Å². The summed E-state index contributed by atoms with van der Waals surface area (Å²) in [5, 5.41) is 12.1. The number of para-hydroxylation sites is 2. The quantitative estimate of drug-likeness (QED) is 0.298. The summed E-state index contributed by atoms with van der Waals surface area (Å²) in [5.74, 6) is 0.342. The number of hydrogen-bond acceptors (Lipinski definition) is 6. The topological polar surface area (TPSA) is 100 Å². The largest absolute Gasteiger partial charge is 0.444 e. The summed E-state index contributed by atoms with van der Waals surface area (Å²) >= 11 is 1.41. The number of hydrogen-bond donors (Lipinski definition) is 1. The summed E-state index contributed by atoms with van der Waals surface area (Å²) in [5.41, 5.74) is 2.95. The SMILES string of the molecule is CC(C)(C)OC(=O)N1CC[C@]2(C1)C[C@H](n1c(NC(=O)c3ccc(-c4ccc(C#N)cc4)s3)nc3ccccc31)C2. The number of nitriles is 1. The summed E-state index contributed by atoms with van der Waals surface area (Å²) in [6, 6.07) is 21.3. The molecule has 2 aromatic heterocycles. The van der Waals surface area contributed by atoms with Crippen LogP contribution in [0.25, 0.3) is 21.5 Å². The number of rotatable bonds is 4. The highest BCUT2D eigenvalue weighted by Crippen LogP contribution is 2.55. The van der Waals surface area contributed by atoms with E-state index in [9.17, 15) is 9.59 Å². The van der Waals surface area contributed by atoms with Gasteiger partial charge in [0.05, 0.1) is 27.5 Å². The number of fused-ring (bicyclic) bond motifs is 1. The first-order chi connectivity index (χ1) is 19.1. The zero-order chi connectivity index (χ0) is 28.1. The fraction of sp³-hybridized carbons (Fsp3) is 0.355. The van der Waals surface area contributed by atoms with Crippen LogP contribution in [0.4, 0.5) is 10.7 Å². The van der Waals surface area contributed by atoms with Crippen LogP contribution in [0.15, 0.2) is 60.7 Å². The molecule has 1 saturated carbocycles. The minimum Gasteiger partial charge on any atom is -0.444 e. The van der Waals surface area contributed by atoms with Gasteiger partial charge in [0.1, 0.15) is 5.60 Å². The Morgan fingerprint density at radius 3 is 2.58 bits per heavy atom. The molecule has 0 unspecified atom stereocenters. The van der Waals surface area contributed by atoms with Crippen molar-refractivity contribution in [2.45, 2.75) is 51.7 Å². The number of imidazole rings is 1. The van der Waals surface area contributed by atoms with Gasteiger partial charge in [0.15, 0.2) is 0 Å². The molecular formula is C31H31N5O3S. The van der Waals surface area contributed by atoms with E-state index in [1.165, 1.54) is 11.3 Å². The Bertz CT molecular complexity index is 1630. The maximum atomic E-state index is 13.3. The first kappa shape index (κ1) is 26.1. The summed E-state index contributed by atoms with van der Waals surface area (Å²) in [6.07, 6.45) is 2.53. The van der Waals surface area contributed by atoms with Gasteiger partial charge in [0.25, 0.3) is 5.91 Å². The van der Waals surface area contributed by atoms with Crippen molar-refractivity contribution >= 4 is 40.3 Å². The number of nitrogens with zero attached hydrogens (tertiary/aromatic N) is 4. The molecule has 8 nitrogen and oxygen atoms in total. The molecule has 0 atom stereocenters. The standard InChI is InChI=1S/C31H31N5O3S/c1-30(2,3)39-29(38)35-15-14-31(19-35)16-22(17-31)36-24-7-5-4-6-23(24)33-28(36)34-27(37)26-13-12-25(40-26)21-10-8-20(18-32)9-11-21/h4-13,22H,14-17,19H2,1-3H3,(H,33,34,37)/t22-,31-. The third-order valence-corrected chi connectivity index (χ3v) is 8.87. The fourth-order valence-electron chi connectivity index (χ4n) is 5.86. The number of benzene rings is 2. The van der Waals surface area contributed by atoms with Crippen LogP contribution in [0.2, 0.25) is 0 Å². The molecule has 2 aliphatic rings. The monoisotopic (exact) mass is 553 g/mol. The minimum absolute atomic E-state index is 0.0674. The Hall–Kier alpha value is -4.16. The predicted octanol–water partition coefficient (Wildman–Crippen LogP) is 6.85. The maximum absolute atomic E-state index is 13.3. The highest BCUT2D eigenvalue weighted by atomic mass is 32.1. The first-order valence-corrected chi connectivity index (χ1v) is 14.3. The third-order valence-electron chi connectivity index (χ3n) is 7.74. The number of thiophene rings is 1. The van der Waals surface area contributed by atoms with Crippen LogP contribution in [0.3, 0.4) is 0 Å². The van der Waals surface area contributed by atoms with Crippen molar-refractivity contribution in [1.29, 1.82) is 5.26 Å². The summed E-state index contributed by atoms with van der Waals surface area (Å²) in [7, 11) is 0. The molecule has 1 spiro atoms. The first-order valence-electron chi connectivity index (χ1n) is 13.5. The highest BCUT2D eigenvalue weighted by molar-refractivity contribution is 7.17. The van der Waals surface area contributed by atoms with E-state index in [-0.39, 0.29) is 23.5 Å². The minimum atomic E-state index is -0.511. The molecule has 1 aliphatic carbocycles. The van der Waals surface area contributed by atoms with Crippen molar-refractivity contribution in [3.8, 4) is 16.5 Å². The van der Waals surface area contributed by atoms with Crippen molar-refractivity contribution in [2.75, 3.05) is 18.4 Å². The van der Waals surface area contributed by atoms with E-state index in [0.717, 1.165) is 40.7 Å². The van der Waals surface area contributed by atoms with E-state index in [4.69, 9.17) is 15.0 Å². The molecule has 6 rings (SSSR count). The molecule has 4 aromatic rings. The van der Waals surface area contributed by atoms with Crippen molar-refractivity contribution in [1.82, 2.24) is 14.5 Å². The van der Waals surface area contributed by atoms with Crippen LogP contribution in [0.5, 0.6) is 0 Å². The molecule has 3 heterocycles. The van der Waals surface area contributed by atoms with Crippen LogP contribution in [0, 0.1) is 16.7 Å². The van der Waals surface area contributed by atoms with Crippen molar-refractivity contribution in [3.63, 3.8) is 0 Å². The van der Waals surface area contributed by atoms with E-state index in [1.807, 2.05) is 74.2 Å².